The number of β-amino-alcohol motifs (C(OH)–C–C–N with tert-alkyl or cyclic N) is 1. The molecule has 0 bridgehead atoms. The Bertz CT molecular complexity index is 545. The molecule has 1 N–H and O–H groups in total. The number of amides is 1. The molecule has 0 spiro atoms. The van der Waals surface area contributed by atoms with E-state index in [0.717, 1.165) is 17.0 Å². The molecule has 6 heteroatoms. The summed E-state index contributed by atoms with van der Waals surface area (Å²) < 4.78 is 7.19. The highest BCUT2D eigenvalue weighted by atomic mass is 16.6. The molecule has 1 amide bonds. The van der Waals surface area contributed by atoms with Crippen LogP contribution in [0.1, 0.15) is 43.8 Å². The zero-order valence-electron chi connectivity index (χ0n) is 13.7. The third kappa shape index (κ3) is 3.20. The fraction of sp³-hybridized carbons (Fsp3) is 0.733. The van der Waals surface area contributed by atoms with Gasteiger partial charge in [-0.3, -0.25) is 4.68 Å². The molecule has 2 rings (SSSR count). The van der Waals surface area contributed by atoms with Crippen molar-refractivity contribution in [2.24, 2.45) is 0 Å². The highest BCUT2D eigenvalue weighted by Crippen LogP contribution is 2.26. The minimum absolute atomic E-state index is 0.218. The Morgan fingerprint density at radius 2 is 1.90 bits per heavy atom. The maximum Gasteiger partial charge on any atom is 0.410 e. The van der Waals surface area contributed by atoms with Crippen molar-refractivity contribution in [3.63, 3.8) is 0 Å². The van der Waals surface area contributed by atoms with Gasteiger partial charge in [0.25, 0.3) is 0 Å². The number of hydrogen-bond acceptors (Lipinski definition) is 4. The van der Waals surface area contributed by atoms with Gasteiger partial charge in [-0.25, -0.2) is 4.79 Å². The standard InChI is InChI=1S/C15H25N3O3/c1-9-10(2)16-18(11(9)3)12-7-17(8-13(12)19)14(20)21-15(4,5)6/h12-13,19H,7-8H2,1-6H3/t12?,13-/m1/s1. The SMILES string of the molecule is Cc1nn(C2CN(C(=O)OC(C)(C)C)C[C@H]2O)c(C)c1C. The lowest BCUT2D eigenvalue weighted by molar-refractivity contribution is 0.0270. The van der Waals surface area contributed by atoms with Gasteiger partial charge in [0.15, 0.2) is 0 Å². The van der Waals surface area contributed by atoms with E-state index in [1.54, 1.807) is 4.90 Å². The van der Waals surface area contributed by atoms with Gasteiger partial charge in [0.2, 0.25) is 0 Å². The highest BCUT2D eigenvalue weighted by Gasteiger charge is 2.38. The summed E-state index contributed by atoms with van der Waals surface area (Å²) in [5.74, 6) is 0. The molecule has 1 aliphatic heterocycles. The number of hydrogen-bond donors (Lipinski definition) is 1. The molecule has 2 heterocycles. The average molecular weight is 295 g/mol. The van der Waals surface area contributed by atoms with E-state index in [9.17, 15) is 9.90 Å². The molecule has 1 aromatic rings. The average Bonchev–Trinajstić information content (AvgIpc) is 2.83. The number of carbonyl (C=O) groups excluding carboxylic acids is 1. The van der Waals surface area contributed by atoms with Crippen LogP contribution >= 0.6 is 0 Å². The maximum absolute atomic E-state index is 12.1. The molecule has 1 unspecified atom stereocenters. The molecule has 0 saturated carbocycles. The molecule has 21 heavy (non-hydrogen) atoms. The van der Waals surface area contributed by atoms with Crippen molar-refractivity contribution in [1.29, 1.82) is 0 Å². The Morgan fingerprint density at radius 3 is 2.38 bits per heavy atom. The minimum Gasteiger partial charge on any atom is -0.444 e. The van der Waals surface area contributed by atoms with Crippen LogP contribution in [0.4, 0.5) is 4.79 Å². The van der Waals surface area contributed by atoms with Crippen LogP contribution in [-0.4, -0.2) is 50.7 Å². The number of likely N-dealkylation sites (tertiary alicyclic amines) is 1. The molecule has 2 atom stereocenters. The second-order valence-electron chi connectivity index (χ2n) is 6.76. The zero-order chi connectivity index (χ0) is 15.9. The van der Waals surface area contributed by atoms with Crippen LogP contribution in [0.15, 0.2) is 0 Å². The van der Waals surface area contributed by atoms with Crippen LogP contribution < -0.4 is 0 Å². The number of carbonyl (C=O) groups is 1. The Hall–Kier alpha value is -1.56. The van der Waals surface area contributed by atoms with Crippen molar-refractivity contribution < 1.29 is 14.6 Å². The van der Waals surface area contributed by atoms with Crippen molar-refractivity contribution in [3.8, 4) is 0 Å². The monoisotopic (exact) mass is 295 g/mol. The van der Waals surface area contributed by atoms with Gasteiger partial charge >= 0.3 is 6.09 Å². The van der Waals surface area contributed by atoms with Gasteiger partial charge in [-0.15, -0.1) is 0 Å². The minimum atomic E-state index is -0.630. The Balaban J connectivity index is 2.14. The van der Waals surface area contributed by atoms with Crippen molar-refractivity contribution in [2.75, 3.05) is 13.1 Å². The van der Waals surface area contributed by atoms with Crippen LogP contribution in [0.25, 0.3) is 0 Å². The van der Waals surface area contributed by atoms with E-state index in [1.807, 2.05) is 46.2 Å². The highest BCUT2D eigenvalue weighted by molar-refractivity contribution is 5.68. The molecule has 0 radical (unpaired) electrons. The smallest absolute Gasteiger partial charge is 0.410 e. The number of nitrogens with zero attached hydrogens (tertiary/aromatic N) is 3. The van der Waals surface area contributed by atoms with Crippen molar-refractivity contribution >= 4 is 6.09 Å². The van der Waals surface area contributed by atoms with E-state index < -0.39 is 11.7 Å². The van der Waals surface area contributed by atoms with Crippen LogP contribution in [-0.2, 0) is 4.74 Å². The quantitative estimate of drug-likeness (QED) is 0.860. The van der Waals surface area contributed by atoms with E-state index in [4.69, 9.17) is 4.74 Å². The van der Waals surface area contributed by atoms with Gasteiger partial charge in [0.05, 0.1) is 24.4 Å². The molecular formula is C15H25N3O3. The van der Waals surface area contributed by atoms with Gasteiger partial charge in [0.1, 0.15) is 5.60 Å². The van der Waals surface area contributed by atoms with Crippen LogP contribution in [0, 0.1) is 20.8 Å². The first-order valence-corrected chi connectivity index (χ1v) is 7.28. The van der Waals surface area contributed by atoms with Crippen LogP contribution in [0.3, 0.4) is 0 Å². The summed E-state index contributed by atoms with van der Waals surface area (Å²) in [6.45, 7) is 12.1. The first-order chi connectivity index (χ1) is 9.60. The van der Waals surface area contributed by atoms with E-state index in [-0.39, 0.29) is 18.7 Å². The third-order valence-corrected chi connectivity index (χ3v) is 3.91. The first kappa shape index (κ1) is 15.8. The van der Waals surface area contributed by atoms with Gasteiger partial charge in [0, 0.05) is 12.2 Å². The molecular weight excluding hydrogens is 270 g/mol. The van der Waals surface area contributed by atoms with Crippen LogP contribution in [0.2, 0.25) is 0 Å². The van der Waals surface area contributed by atoms with Gasteiger partial charge in [-0.1, -0.05) is 0 Å². The van der Waals surface area contributed by atoms with E-state index >= 15 is 0 Å². The fourth-order valence-electron chi connectivity index (χ4n) is 2.55. The van der Waals surface area contributed by atoms with Gasteiger partial charge < -0.3 is 14.7 Å². The summed E-state index contributed by atoms with van der Waals surface area (Å²) in [6, 6.07) is -0.218. The van der Waals surface area contributed by atoms with Gasteiger partial charge in [-0.05, 0) is 47.1 Å². The summed E-state index contributed by atoms with van der Waals surface area (Å²) in [5, 5.41) is 14.8. The third-order valence-electron chi connectivity index (χ3n) is 3.91. The lowest BCUT2D eigenvalue weighted by Crippen LogP contribution is -2.36. The summed E-state index contributed by atoms with van der Waals surface area (Å²) in [4.78, 5) is 13.7. The van der Waals surface area contributed by atoms with Crippen LogP contribution in [0.5, 0.6) is 0 Å². The number of ether oxygens (including phenoxy) is 1. The molecule has 1 aliphatic rings. The molecule has 6 nitrogen and oxygen atoms in total. The molecule has 0 aliphatic carbocycles. The molecule has 1 aromatic heterocycles. The summed E-state index contributed by atoms with van der Waals surface area (Å²) >= 11 is 0. The normalized spacial score (nSPS) is 22.7. The predicted octanol–water partition coefficient (Wildman–Crippen LogP) is 1.96. The summed E-state index contributed by atoms with van der Waals surface area (Å²) in [7, 11) is 0. The maximum atomic E-state index is 12.1. The summed E-state index contributed by atoms with van der Waals surface area (Å²) in [6.07, 6.45) is -1.02. The lowest BCUT2D eigenvalue weighted by Gasteiger charge is -2.24. The number of aromatic nitrogens is 2. The number of aliphatic hydroxyl groups is 1. The molecule has 1 fully saturated rings. The second kappa shape index (κ2) is 5.33. The van der Waals surface area contributed by atoms with Crippen molar-refractivity contribution in [2.45, 2.75) is 59.3 Å². The summed E-state index contributed by atoms with van der Waals surface area (Å²) in [5.41, 5.74) is 2.57. The van der Waals surface area contributed by atoms with Crippen molar-refractivity contribution in [3.05, 3.63) is 17.0 Å². The predicted molar refractivity (Wildman–Crippen MR) is 79.3 cm³/mol. The molecule has 0 aromatic carbocycles. The second-order valence-corrected chi connectivity index (χ2v) is 6.76. The van der Waals surface area contributed by atoms with Gasteiger partial charge in [-0.2, -0.15) is 5.10 Å². The fourth-order valence-corrected chi connectivity index (χ4v) is 2.55. The zero-order valence-corrected chi connectivity index (χ0v) is 13.7. The molecule has 1 saturated heterocycles. The van der Waals surface area contributed by atoms with E-state index in [0.29, 0.717) is 6.54 Å². The molecule has 118 valence electrons. The first-order valence-electron chi connectivity index (χ1n) is 7.28. The topological polar surface area (TPSA) is 67.6 Å². The Morgan fingerprint density at radius 1 is 1.29 bits per heavy atom. The lowest BCUT2D eigenvalue weighted by atomic mass is 10.2. The Kier molecular flexibility index (Phi) is 4.02. The van der Waals surface area contributed by atoms with E-state index in [2.05, 4.69) is 5.10 Å². The largest absolute Gasteiger partial charge is 0.444 e. The van der Waals surface area contributed by atoms with Crippen molar-refractivity contribution in [1.82, 2.24) is 14.7 Å². The Labute approximate surface area is 125 Å². The number of aliphatic hydroxyl groups excluding tert-OH is 1. The number of rotatable bonds is 1. The van der Waals surface area contributed by atoms with E-state index in [1.165, 1.54) is 0 Å². The number of aryl methyl sites for hydroxylation is 1.